The predicted molar refractivity (Wildman–Crippen MR) is 65.9 cm³/mol. The van der Waals surface area contributed by atoms with Gasteiger partial charge in [0.25, 0.3) is 5.91 Å². The van der Waals surface area contributed by atoms with Crippen molar-refractivity contribution in [2.45, 2.75) is 13.8 Å². The molecule has 0 radical (unpaired) electrons. The predicted octanol–water partition coefficient (Wildman–Crippen LogP) is 2.48. The van der Waals surface area contributed by atoms with E-state index in [0.717, 1.165) is 5.69 Å². The van der Waals surface area contributed by atoms with Gasteiger partial charge in [-0.2, -0.15) is 0 Å². The van der Waals surface area contributed by atoms with Crippen LogP contribution in [-0.2, 0) is 0 Å². The summed E-state index contributed by atoms with van der Waals surface area (Å²) in [5.41, 5.74) is 1.80. The van der Waals surface area contributed by atoms with Gasteiger partial charge in [0.05, 0.1) is 5.69 Å². The summed E-state index contributed by atoms with van der Waals surface area (Å²) >= 11 is 0. The van der Waals surface area contributed by atoms with Crippen LogP contribution in [0.3, 0.4) is 0 Å². The number of aryl methyl sites for hydroxylation is 1. The van der Waals surface area contributed by atoms with Gasteiger partial charge in [0.2, 0.25) is 0 Å². The van der Waals surface area contributed by atoms with Crippen molar-refractivity contribution in [3.8, 4) is 0 Å². The lowest BCUT2D eigenvalue weighted by molar-refractivity contribution is 0.102. The second-order valence-corrected chi connectivity index (χ2v) is 3.87. The van der Waals surface area contributed by atoms with Gasteiger partial charge in [0, 0.05) is 11.3 Å². The topological polar surface area (TPSA) is 54.9 Å². The number of hydrogen-bond acceptors (Lipinski definition) is 3. The molecule has 0 bridgehead atoms. The molecule has 0 spiro atoms. The first-order valence-electron chi connectivity index (χ1n) is 5.43. The van der Waals surface area contributed by atoms with E-state index in [4.69, 9.17) is 0 Å². The molecule has 4 nitrogen and oxygen atoms in total. The first-order chi connectivity index (χ1) is 8.59. The molecule has 2 aromatic rings. The number of carbonyl (C=O) groups is 1. The first-order valence-corrected chi connectivity index (χ1v) is 5.43. The van der Waals surface area contributed by atoms with E-state index in [1.165, 1.54) is 18.5 Å². The van der Waals surface area contributed by atoms with Crippen molar-refractivity contribution in [2.24, 2.45) is 0 Å². The number of benzene rings is 1. The molecule has 18 heavy (non-hydrogen) atoms. The van der Waals surface area contributed by atoms with Gasteiger partial charge in [-0.1, -0.05) is 12.1 Å². The maximum atomic E-state index is 13.4. The highest BCUT2D eigenvalue weighted by Crippen LogP contribution is 2.15. The van der Waals surface area contributed by atoms with Crippen LogP contribution in [0, 0.1) is 19.7 Å². The van der Waals surface area contributed by atoms with Crippen LogP contribution in [0.15, 0.2) is 30.6 Å². The fraction of sp³-hybridized carbons (Fsp3) is 0.154. The number of nitrogens with zero attached hydrogens (tertiary/aromatic N) is 2. The van der Waals surface area contributed by atoms with Gasteiger partial charge in [-0.15, -0.1) is 0 Å². The van der Waals surface area contributed by atoms with Crippen molar-refractivity contribution in [3.63, 3.8) is 0 Å². The van der Waals surface area contributed by atoms with Crippen LogP contribution in [0.25, 0.3) is 0 Å². The third-order valence-corrected chi connectivity index (χ3v) is 2.67. The molecule has 1 aromatic heterocycles. The van der Waals surface area contributed by atoms with Crippen molar-refractivity contribution in [1.82, 2.24) is 9.97 Å². The molecule has 0 saturated heterocycles. The largest absolute Gasteiger partial charge is 0.318 e. The average Bonchev–Trinajstić information content (AvgIpc) is 2.35. The Morgan fingerprint density at radius 3 is 2.67 bits per heavy atom. The second-order valence-electron chi connectivity index (χ2n) is 3.87. The number of anilines is 1. The summed E-state index contributed by atoms with van der Waals surface area (Å²) in [5, 5.41) is 2.49. The molecule has 0 aliphatic rings. The highest BCUT2D eigenvalue weighted by atomic mass is 19.1. The van der Waals surface area contributed by atoms with Crippen LogP contribution < -0.4 is 5.32 Å². The molecule has 1 heterocycles. The Balaban J connectivity index is 2.28. The first kappa shape index (κ1) is 12.2. The molecule has 0 atom stereocenters. The lowest BCUT2D eigenvalue weighted by Crippen LogP contribution is -2.17. The number of aromatic nitrogens is 2. The van der Waals surface area contributed by atoms with Crippen molar-refractivity contribution >= 4 is 11.6 Å². The fourth-order valence-electron chi connectivity index (χ4n) is 1.51. The van der Waals surface area contributed by atoms with Gasteiger partial charge in [-0.3, -0.25) is 4.79 Å². The number of amides is 1. The van der Waals surface area contributed by atoms with E-state index in [0.29, 0.717) is 5.56 Å². The van der Waals surface area contributed by atoms with Gasteiger partial charge in [0.15, 0.2) is 0 Å². The summed E-state index contributed by atoms with van der Waals surface area (Å²) in [4.78, 5) is 19.9. The van der Waals surface area contributed by atoms with E-state index < -0.39 is 11.7 Å². The molecule has 5 heteroatoms. The molecule has 92 valence electrons. The van der Waals surface area contributed by atoms with Crippen LogP contribution >= 0.6 is 0 Å². The van der Waals surface area contributed by atoms with Crippen LogP contribution in [-0.4, -0.2) is 15.9 Å². The summed E-state index contributed by atoms with van der Waals surface area (Å²) in [6, 6.07) is 5.99. The van der Waals surface area contributed by atoms with Crippen molar-refractivity contribution < 1.29 is 9.18 Å². The Labute approximate surface area is 104 Å². The number of para-hydroxylation sites is 1. The molecule has 0 aliphatic carbocycles. The SMILES string of the molecule is Cc1ncnc(C(=O)Nc2ccccc2F)c1C. The van der Waals surface area contributed by atoms with E-state index in [1.54, 1.807) is 26.0 Å². The van der Waals surface area contributed by atoms with Crippen LogP contribution in [0.2, 0.25) is 0 Å². The molecule has 0 unspecified atom stereocenters. The van der Waals surface area contributed by atoms with Gasteiger partial charge in [-0.05, 0) is 26.0 Å². The maximum Gasteiger partial charge on any atom is 0.274 e. The van der Waals surface area contributed by atoms with Crippen molar-refractivity contribution in [1.29, 1.82) is 0 Å². The minimum atomic E-state index is -0.478. The van der Waals surface area contributed by atoms with Crippen molar-refractivity contribution in [3.05, 3.63) is 53.4 Å². The third kappa shape index (κ3) is 2.34. The Hall–Kier alpha value is -2.30. The zero-order valence-electron chi connectivity index (χ0n) is 10.1. The maximum absolute atomic E-state index is 13.4. The van der Waals surface area contributed by atoms with Crippen molar-refractivity contribution in [2.75, 3.05) is 5.32 Å². The molecule has 0 fully saturated rings. The zero-order chi connectivity index (χ0) is 13.1. The highest BCUT2D eigenvalue weighted by Gasteiger charge is 2.14. The summed E-state index contributed by atoms with van der Waals surface area (Å²) < 4.78 is 13.4. The number of nitrogens with one attached hydrogen (secondary N) is 1. The number of halogens is 1. The minimum absolute atomic E-state index is 0.137. The Morgan fingerprint density at radius 1 is 1.22 bits per heavy atom. The molecular formula is C13H12FN3O. The molecule has 0 saturated carbocycles. The molecule has 0 aliphatic heterocycles. The quantitative estimate of drug-likeness (QED) is 0.884. The van der Waals surface area contributed by atoms with E-state index in [9.17, 15) is 9.18 Å². The summed E-state index contributed by atoms with van der Waals surface area (Å²) in [5.74, 6) is -0.919. The Bertz CT molecular complexity index is 599. The smallest absolute Gasteiger partial charge is 0.274 e. The minimum Gasteiger partial charge on any atom is -0.318 e. The molecule has 1 aromatic carbocycles. The standard InChI is InChI=1S/C13H12FN3O/c1-8-9(2)15-7-16-12(8)13(18)17-11-6-4-3-5-10(11)14/h3-7H,1-2H3,(H,17,18). The average molecular weight is 245 g/mol. The normalized spacial score (nSPS) is 10.2. The Morgan fingerprint density at radius 2 is 1.94 bits per heavy atom. The molecule has 2 rings (SSSR count). The van der Waals surface area contributed by atoms with E-state index >= 15 is 0 Å². The van der Waals surface area contributed by atoms with Crippen LogP contribution in [0.4, 0.5) is 10.1 Å². The van der Waals surface area contributed by atoms with Gasteiger partial charge >= 0.3 is 0 Å². The van der Waals surface area contributed by atoms with Crippen LogP contribution in [0.1, 0.15) is 21.7 Å². The molecule has 1 amide bonds. The van der Waals surface area contributed by atoms with Gasteiger partial charge in [-0.25, -0.2) is 14.4 Å². The molecule has 1 N–H and O–H groups in total. The summed E-state index contributed by atoms with van der Waals surface area (Å²) in [6.07, 6.45) is 1.32. The lowest BCUT2D eigenvalue weighted by atomic mass is 10.2. The van der Waals surface area contributed by atoms with Gasteiger partial charge in [0.1, 0.15) is 17.8 Å². The van der Waals surface area contributed by atoms with E-state index in [1.807, 2.05) is 0 Å². The Kier molecular flexibility index (Phi) is 3.32. The number of hydrogen-bond donors (Lipinski definition) is 1. The fourth-order valence-corrected chi connectivity index (χ4v) is 1.51. The molecular weight excluding hydrogens is 233 g/mol. The van der Waals surface area contributed by atoms with E-state index in [2.05, 4.69) is 15.3 Å². The number of carbonyl (C=O) groups excluding carboxylic acids is 1. The van der Waals surface area contributed by atoms with E-state index in [-0.39, 0.29) is 11.4 Å². The monoisotopic (exact) mass is 245 g/mol. The highest BCUT2D eigenvalue weighted by molar-refractivity contribution is 6.03. The lowest BCUT2D eigenvalue weighted by Gasteiger charge is -2.08. The van der Waals surface area contributed by atoms with Crippen LogP contribution in [0.5, 0.6) is 0 Å². The van der Waals surface area contributed by atoms with Gasteiger partial charge < -0.3 is 5.32 Å². The zero-order valence-corrected chi connectivity index (χ0v) is 10.1. The summed E-state index contributed by atoms with van der Waals surface area (Å²) in [7, 11) is 0. The second kappa shape index (κ2) is 4.91. The third-order valence-electron chi connectivity index (χ3n) is 2.67. The summed E-state index contributed by atoms with van der Waals surface area (Å²) in [6.45, 7) is 3.54. The number of rotatable bonds is 2.